The molecule has 0 amide bonds. The van der Waals surface area contributed by atoms with Crippen molar-refractivity contribution < 1.29 is 18.3 Å². The molecule has 2 rings (SSSR count). The van der Waals surface area contributed by atoms with E-state index in [0.29, 0.717) is 13.1 Å². The van der Waals surface area contributed by atoms with E-state index in [2.05, 4.69) is 18.8 Å². The summed E-state index contributed by atoms with van der Waals surface area (Å²) < 4.78 is 26.5. The fraction of sp³-hybridized carbons (Fsp3) is 0.615. The van der Waals surface area contributed by atoms with E-state index >= 15 is 0 Å². The molecular weight excluding hydrogens is 280 g/mol. The Labute approximate surface area is 118 Å². The maximum absolute atomic E-state index is 12.5. The monoisotopic (exact) mass is 300 g/mol. The minimum atomic E-state index is -3.61. The smallest absolute Gasteiger partial charge is 0.352 e. The minimum absolute atomic E-state index is 0.0228. The number of H-pyrrole nitrogens is 1. The van der Waals surface area contributed by atoms with Gasteiger partial charge in [-0.05, 0) is 30.7 Å². The third-order valence-electron chi connectivity index (χ3n) is 3.82. The molecule has 0 aromatic carbocycles. The van der Waals surface area contributed by atoms with Gasteiger partial charge in [-0.3, -0.25) is 0 Å². The predicted octanol–water partition coefficient (Wildman–Crippen LogP) is 1.91. The Kier molecular flexibility index (Phi) is 3.93. The van der Waals surface area contributed by atoms with Gasteiger partial charge in [0.05, 0.1) is 0 Å². The lowest BCUT2D eigenvalue weighted by molar-refractivity contribution is 0.0691. The Balaban J connectivity index is 2.23. The van der Waals surface area contributed by atoms with Crippen LogP contribution in [-0.4, -0.2) is 41.9 Å². The number of aromatic nitrogens is 1. The van der Waals surface area contributed by atoms with Crippen LogP contribution < -0.4 is 0 Å². The maximum atomic E-state index is 12.5. The quantitative estimate of drug-likeness (QED) is 0.892. The van der Waals surface area contributed by atoms with Crippen molar-refractivity contribution in [1.29, 1.82) is 0 Å². The van der Waals surface area contributed by atoms with Gasteiger partial charge >= 0.3 is 5.97 Å². The van der Waals surface area contributed by atoms with Crippen LogP contribution in [0.1, 0.15) is 43.6 Å². The Morgan fingerprint density at radius 2 is 2.05 bits per heavy atom. The second kappa shape index (κ2) is 5.21. The fourth-order valence-electron chi connectivity index (χ4n) is 2.43. The summed E-state index contributed by atoms with van der Waals surface area (Å²) in [6, 6.07) is 1.17. The van der Waals surface area contributed by atoms with Crippen LogP contribution in [0, 0.1) is 5.41 Å². The summed E-state index contributed by atoms with van der Waals surface area (Å²) in [5.74, 6) is -1.16. The first kappa shape index (κ1) is 15.1. The predicted molar refractivity (Wildman–Crippen MR) is 74.1 cm³/mol. The molecule has 1 aromatic rings. The first-order valence-electron chi connectivity index (χ1n) is 6.64. The molecule has 7 heteroatoms. The molecule has 1 saturated heterocycles. The summed E-state index contributed by atoms with van der Waals surface area (Å²) in [5.41, 5.74) is 0.0352. The van der Waals surface area contributed by atoms with Gasteiger partial charge in [-0.15, -0.1) is 0 Å². The number of nitrogens with one attached hydrogen (secondary N) is 1. The lowest BCUT2D eigenvalue weighted by atomic mass is 9.85. The van der Waals surface area contributed by atoms with Crippen molar-refractivity contribution in [2.75, 3.05) is 13.1 Å². The minimum Gasteiger partial charge on any atom is -0.477 e. The van der Waals surface area contributed by atoms with Crippen LogP contribution in [0.5, 0.6) is 0 Å². The molecule has 0 radical (unpaired) electrons. The highest BCUT2D eigenvalue weighted by Gasteiger charge is 2.31. The molecule has 0 saturated carbocycles. The van der Waals surface area contributed by atoms with E-state index in [0.717, 1.165) is 19.3 Å². The summed E-state index contributed by atoms with van der Waals surface area (Å²) >= 11 is 0. The molecule has 0 unspecified atom stereocenters. The van der Waals surface area contributed by atoms with E-state index < -0.39 is 16.0 Å². The van der Waals surface area contributed by atoms with Gasteiger partial charge in [0.2, 0.25) is 10.0 Å². The largest absolute Gasteiger partial charge is 0.477 e. The Hall–Kier alpha value is -1.34. The lowest BCUT2D eigenvalue weighted by Crippen LogP contribution is -2.32. The van der Waals surface area contributed by atoms with Gasteiger partial charge < -0.3 is 10.1 Å². The van der Waals surface area contributed by atoms with E-state index in [1.54, 1.807) is 0 Å². The van der Waals surface area contributed by atoms with Gasteiger partial charge in [0, 0.05) is 19.3 Å². The molecule has 6 nitrogen and oxygen atoms in total. The van der Waals surface area contributed by atoms with E-state index in [-0.39, 0.29) is 16.0 Å². The van der Waals surface area contributed by atoms with Crippen LogP contribution in [-0.2, 0) is 10.0 Å². The van der Waals surface area contributed by atoms with Crippen LogP contribution in [0.3, 0.4) is 0 Å². The number of rotatable bonds is 3. The van der Waals surface area contributed by atoms with Crippen LogP contribution >= 0.6 is 0 Å². The van der Waals surface area contributed by atoms with E-state index in [4.69, 9.17) is 5.11 Å². The fourth-order valence-corrected chi connectivity index (χ4v) is 3.91. The molecule has 1 fully saturated rings. The second-order valence-corrected chi connectivity index (χ2v) is 7.91. The Bertz CT molecular complexity index is 604. The zero-order chi connectivity index (χ0) is 15.0. The van der Waals surface area contributed by atoms with E-state index in [1.807, 2.05) is 0 Å². The number of aromatic amines is 1. The maximum Gasteiger partial charge on any atom is 0.352 e. The molecular formula is C13H20N2O4S. The van der Waals surface area contributed by atoms with Gasteiger partial charge in [-0.25, -0.2) is 13.2 Å². The van der Waals surface area contributed by atoms with Crippen molar-refractivity contribution >= 4 is 16.0 Å². The van der Waals surface area contributed by atoms with Gasteiger partial charge in [-0.1, -0.05) is 13.8 Å². The SMILES string of the molecule is CC1(C)CCCN(S(=O)(=O)c2c[nH]c(C(=O)O)c2)CC1. The van der Waals surface area contributed by atoms with E-state index in [1.165, 1.54) is 16.6 Å². The number of aromatic carboxylic acids is 1. The van der Waals surface area contributed by atoms with Crippen molar-refractivity contribution in [3.05, 3.63) is 18.0 Å². The topological polar surface area (TPSA) is 90.5 Å². The number of hydrogen-bond donors (Lipinski definition) is 2. The number of hydrogen-bond acceptors (Lipinski definition) is 3. The summed E-state index contributed by atoms with van der Waals surface area (Å²) in [4.78, 5) is 13.3. The van der Waals surface area contributed by atoms with Gasteiger partial charge in [0.1, 0.15) is 10.6 Å². The molecule has 2 N–H and O–H groups in total. The first-order chi connectivity index (χ1) is 9.22. The van der Waals surface area contributed by atoms with Crippen LogP contribution in [0.15, 0.2) is 17.2 Å². The van der Waals surface area contributed by atoms with Crippen molar-refractivity contribution in [1.82, 2.24) is 9.29 Å². The molecule has 112 valence electrons. The molecule has 20 heavy (non-hydrogen) atoms. The normalized spacial score (nSPS) is 20.5. The molecule has 1 aliphatic heterocycles. The van der Waals surface area contributed by atoms with Crippen LogP contribution in [0.25, 0.3) is 0 Å². The van der Waals surface area contributed by atoms with Crippen molar-refractivity contribution in [2.45, 2.75) is 38.0 Å². The van der Waals surface area contributed by atoms with Crippen LogP contribution in [0.4, 0.5) is 0 Å². The average Bonchev–Trinajstić information content (AvgIpc) is 2.76. The highest BCUT2D eigenvalue weighted by molar-refractivity contribution is 7.89. The Morgan fingerprint density at radius 3 is 2.65 bits per heavy atom. The van der Waals surface area contributed by atoms with Crippen molar-refractivity contribution in [3.8, 4) is 0 Å². The van der Waals surface area contributed by atoms with Gasteiger partial charge in [0.15, 0.2) is 0 Å². The third kappa shape index (κ3) is 3.04. The highest BCUT2D eigenvalue weighted by atomic mass is 32.2. The third-order valence-corrected chi connectivity index (χ3v) is 5.70. The molecule has 1 aliphatic rings. The van der Waals surface area contributed by atoms with Crippen molar-refractivity contribution in [3.63, 3.8) is 0 Å². The number of nitrogens with zero attached hydrogens (tertiary/aromatic N) is 1. The summed E-state index contributed by atoms with van der Waals surface area (Å²) in [6.45, 7) is 5.24. The number of carboxylic acids is 1. The molecule has 1 aromatic heterocycles. The van der Waals surface area contributed by atoms with E-state index in [9.17, 15) is 13.2 Å². The molecule has 0 bridgehead atoms. The number of sulfonamides is 1. The lowest BCUT2D eigenvalue weighted by Gasteiger charge is -2.22. The highest BCUT2D eigenvalue weighted by Crippen LogP contribution is 2.31. The summed E-state index contributed by atoms with van der Waals surface area (Å²) in [5, 5.41) is 8.85. The van der Waals surface area contributed by atoms with Crippen LogP contribution in [0.2, 0.25) is 0 Å². The zero-order valence-electron chi connectivity index (χ0n) is 11.7. The summed E-state index contributed by atoms with van der Waals surface area (Å²) in [7, 11) is -3.61. The molecule has 0 spiro atoms. The second-order valence-electron chi connectivity index (χ2n) is 5.98. The van der Waals surface area contributed by atoms with Gasteiger partial charge in [-0.2, -0.15) is 4.31 Å². The Morgan fingerprint density at radius 1 is 1.35 bits per heavy atom. The van der Waals surface area contributed by atoms with Crippen molar-refractivity contribution in [2.24, 2.45) is 5.41 Å². The number of carbonyl (C=O) groups is 1. The summed E-state index contributed by atoms with van der Waals surface area (Å²) in [6.07, 6.45) is 3.87. The average molecular weight is 300 g/mol. The molecule has 2 heterocycles. The van der Waals surface area contributed by atoms with Gasteiger partial charge in [0.25, 0.3) is 0 Å². The standard InChI is InChI=1S/C13H20N2O4S/c1-13(2)4-3-6-15(7-5-13)20(18,19)10-8-11(12(16)17)14-9-10/h8-9,14H,3-7H2,1-2H3,(H,16,17). The number of carboxylic acid groups (broad SMARTS) is 1. The molecule has 0 atom stereocenters. The first-order valence-corrected chi connectivity index (χ1v) is 8.08. The molecule has 0 aliphatic carbocycles. The zero-order valence-corrected chi connectivity index (χ0v) is 12.5.